The molecule has 2 heterocycles. The summed E-state index contributed by atoms with van der Waals surface area (Å²) in [7, 11) is 0. The maximum Gasteiger partial charge on any atom is 0.303 e. The van der Waals surface area contributed by atoms with Gasteiger partial charge in [0.1, 0.15) is 0 Å². The van der Waals surface area contributed by atoms with Gasteiger partial charge < -0.3 is 9.52 Å². The molecule has 2 rings (SSSR count). The van der Waals surface area contributed by atoms with E-state index in [4.69, 9.17) is 9.52 Å². The topological polar surface area (TPSA) is 76.2 Å². The number of pyridine rings is 1. The Morgan fingerprint density at radius 3 is 3.13 bits per heavy atom. The fourth-order valence-corrected chi connectivity index (χ4v) is 1.47. The lowest BCUT2D eigenvalue weighted by atomic mass is 10.3. The first-order chi connectivity index (χ1) is 7.15. The Kier molecular flexibility index (Phi) is 2.68. The van der Waals surface area contributed by atoms with Crippen molar-refractivity contribution in [1.82, 2.24) is 9.97 Å². The quantitative estimate of drug-likeness (QED) is 0.923. The third-order valence-electron chi connectivity index (χ3n) is 1.81. The number of aryl methyl sites for hydroxylation is 1. The summed E-state index contributed by atoms with van der Waals surface area (Å²) in [5.41, 5.74) is 1.06. The van der Waals surface area contributed by atoms with Crippen LogP contribution in [0.15, 0.2) is 21.2 Å². The first kappa shape index (κ1) is 10.1. The molecule has 0 aliphatic heterocycles. The molecular formula is C9H7BrN2O3. The molecule has 2 aromatic heterocycles. The number of hydrogen-bond acceptors (Lipinski definition) is 4. The monoisotopic (exact) mass is 270 g/mol. The Hall–Kier alpha value is -1.43. The molecule has 0 saturated heterocycles. The number of aliphatic carboxylic acids is 1. The fraction of sp³-hybridized carbons (Fsp3) is 0.222. The standard InChI is InChI=1S/C9H7BrN2O3/c10-5-3-6-9(11-4-5)12-7(15-6)1-2-8(13)14/h3-4H,1-2H2,(H,13,14). The zero-order chi connectivity index (χ0) is 10.8. The van der Waals surface area contributed by atoms with Crippen molar-refractivity contribution >= 4 is 33.1 Å². The highest BCUT2D eigenvalue weighted by molar-refractivity contribution is 9.10. The van der Waals surface area contributed by atoms with E-state index < -0.39 is 5.97 Å². The molecule has 15 heavy (non-hydrogen) atoms. The number of halogens is 1. The molecule has 6 heteroatoms. The number of hydrogen-bond donors (Lipinski definition) is 1. The summed E-state index contributed by atoms with van der Waals surface area (Å²) in [4.78, 5) is 18.4. The molecule has 0 unspecified atom stereocenters. The number of nitrogens with zero attached hydrogens (tertiary/aromatic N) is 2. The first-order valence-electron chi connectivity index (χ1n) is 4.28. The Bertz CT molecular complexity index is 509. The van der Waals surface area contributed by atoms with E-state index in [0.717, 1.165) is 4.47 Å². The van der Waals surface area contributed by atoms with E-state index in [2.05, 4.69) is 25.9 Å². The van der Waals surface area contributed by atoms with E-state index in [9.17, 15) is 4.79 Å². The molecule has 78 valence electrons. The van der Waals surface area contributed by atoms with Crippen LogP contribution in [0.3, 0.4) is 0 Å². The van der Waals surface area contributed by atoms with Crippen molar-refractivity contribution in [3.63, 3.8) is 0 Å². The van der Waals surface area contributed by atoms with Crippen LogP contribution < -0.4 is 0 Å². The molecule has 0 aromatic carbocycles. The molecule has 1 N–H and O–H groups in total. The number of oxazole rings is 1. The molecule has 0 fully saturated rings. The Labute approximate surface area is 93.3 Å². The zero-order valence-corrected chi connectivity index (χ0v) is 9.19. The zero-order valence-electron chi connectivity index (χ0n) is 7.61. The van der Waals surface area contributed by atoms with E-state index >= 15 is 0 Å². The number of fused-ring (bicyclic) bond motifs is 1. The van der Waals surface area contributed by atoms with Gasteiger partial charge in [0.25, 0.3) is 0 Å². The molecule has 0 atom stereocenters. The van der Waals surface area contributed by atoms with Gasteiger partial charge in [-0.3, -0.25) is 4.79 Å². The van der Waals surface area contributed by atoms with Crippen LogP contribution in [-0.4, -0.2) is 21.0 Å². The number of rotatable bonds is 3. The Morgan fingerprint density at radius 2 is 2.40 bits per heavy atom. The highest BCUT2D eigenvalue weighted by Gasteiger charge is 2.08. The maximum absolute atomic E-state index is 10.3. The lowest BCUT2D eigenvalue weighted by molar-refractivity contribution is -0.137. The number of carbonyl (C=O) groups is 1. The predicted molar refractivity (Wildman–Crippen MR) is 55.5 cm³/mol. The molecule has 0 saturated carbocycles. The van der Waals surface area contributed by atoms with Crippen LogP contribution in [0.4, 0.5) is 0 Å². The summed E-state index contributed by atoms with van der Waals surface area (Å²) >= 11 is 3.26. The molecule has 2 aromatic rings. The van der Waals surface area contributed by atoms with Crippen molar-refractivity contribution in [2.24, 2.45) is 0 Å². The van der Waals surface area contributed by atoms with E-state index in [1.807, 2.05) is 0 Å². The molecular weight excluding hydrogens is 264 g/mol. The normalized spacial score (nSPS) is 10.7. The minimum atomic E-state index is -0.869. The highest BCUT2D eigenvalue weighted by Crippen LogP contribution is 2.18. The van der Waals surface area contributed by atoms with Gasteiger partial charge in [0.15, 0.2) is 17.1 Å². The van der Waals surface area contributed by atoms with E-state index in [1.54, 1.807) is 12.3 Å². The highest BCUT2D eigenvalue weighted by atomic mass is 79.9. The lowest BCUT2D eigenvalue weighted by Crippen LogP contribution is -1.97. The van der Waals surface area contributed by atoms with Crippen molar-refractivity contribution in [1.29, 1.82) is 0 Å². The molecule has 0 aliphatic rings. The summed E-state index contributed by atoms with van der Waals surface area (Å²) in [6.07, 6.45) is 1.91. The maximum atomic E-state index is 10.3. The second kappa shape index (κ2) is 3.98. The second-order valence-corrected chi connectivity index (χ2v) is 3.89. The third-order valence-corrected chi connectivity index (χ3v) is 2.24. The van der Waals surface area contributed by atoms with Gasteiger partial charge in [0.2, 0.25) is 0 Å². The van der Waals surface area contributed by atoms with Crippen LogP contribution in [0.1, 0.15) is 12.3 Å². The minimum absolute atomic E-state index is 0.00793. The van der Waals surface area contributed by atoms with Gasteiger partial charge in [0.05, 0.1) is 6.42 Å². The van der Waals surface area contributed by atoms with Crippen LogP contribution in [-0.2, 0) is 11.2 Å². The van der Waals surface area contributed by atoms with Gasteiger partial charge in [0, 0.05) is 23.2 Å². The number of carboxylic acid groups (broad SMARTS) is 1. The van der Waals surface area contributed by atoms with Gasteiger partial charge in [-0.15, -0.1) is 0 Å². The number of carboxylic acids is 1. The SMILES string of the molecule is O=C(O)CCc1nc2ncc(Br)cc2o1. The summed E-state index contributed by atoms with van der Waals surface area (Å²) in [5.74, 6) is -0.468. The summed E-state index contributed by atoms with van der Waals surface area (Å²) in [5, 5.41) is 8.50. The first-order valence-corrected chi connectivity index (χ1v) is 5.07. The second-order valence-electron chi connectivity index (χ2n) is 2.98. The van der Waals surface area contributed by atoms with Crippen LogP contribution >= 0.6 is 15.9 Å². The molecule has 0 spiro atoms. The van der Waals surface area contributed by atoms with Crippen molar-refractivity contribution in [3.05, 3.63) is 22.6 Å². The van der Waals surface area contributed by atoms with Crippen molar-refractivity contribution in [3.8, 4) is 0 Å². The van der Waals surface area contributed by atoms with Gasteiger partial charge in [-0.05, 0) is 15.9 Å². The van der Waals surface area contributed by atoms with Gasteiger partial charge in [-0.1, -0.05) is 0 Å². The molecule has 5 nitrogen and oxygen atoms in total. The van der Waals surface area contributed by atoms with Gasteiger partial charge >= 0.3 is 5.97 Å². The Morgan fingerprint density at radius 1 is 1.60 bits per heavy atom. The van der Waals surface area contributed by atoms with Crippen molar-refractivity contribution in [2.75, 3.05) is 0 Å². The average molecular weight is 271 g/mol. The van der Waals surface area contributed by atoms with Crippen LogP contribution in [0, 0.1) is 0 Å². The van der Waals surface area contributed by atoms with Crippen LogP contribution in [0.5, 0.6) is 0 Å². The van der Waals surface area contributed by atoms with Gasteiger partial charge in [-0.2, -0.15) is 4.98 Å². The van der Waals surface area contributed by atoms with E-state index in [1.165, 1.54) is 0 Å². The number of aromatic nitrogens is 2. The molecule has 0 radical (unpaired) electrons. The minimum Gasteiger partial charge on any atom is -0.481 e. The van der Waals surface area contributed by atoms with Crippen molar-refractivity contribution < 1.29 is 14.3 Å². The summed E-state index contributed by atoms with van der Waals surface area (Å²) in [6.45, 7) is 0. The summed E-state index contributed by atoms with van der Waals surface area (Å²) in [6, 6.07) is 1.75. The smallest absolute Gasteiger partial charge is 0.303 e. The van der Waals surface area contributed by atoms with E-state index in [0.29, 0.717) is 17.1 Å². The molecule has 0 bridgehead atoms. The third kappa shape index (κ3) is 2.33. The van der Waals surface area contributed by atoms with E-state index in [-0.39, 0.29) is 12.8 Å². The molecule has 0 aliphatic carbocycles. The molecule has 0 amide bonds. The van der Waals surface area contributed by atoms with Crippen LogP contribution in [0.25, 0.3) is 11.2 Å². The lowest BCUT2D eigenvalue weighted by Gasteiger charge is -1.88. The largest absolute Gasteiger partial charge is 0.481 e. The fourth-order valence-electron chi connectivity index (χ4n) is 1.16. The van der Waals surface area contributed by atoms with Crippen LogP contribution in [0.2, 0.25) is 0 Å². The van der Waals surface area contributed by atoms with Gasteiger partial charge in [-0.25, -0.2) is 4.98 Å². The summed E-state index contributed by atoms with van der Waals surface area (Å²) < 4.78 is 6.13. The Balaban J connectivity index is 2.27. The predicted octanol–water partition coefficient (Wildman–Crippen LogP) is 2.00. The average Bonchev–Trinajstić information content (AvgIpc) is 2.56. The van der Waals surface area contributed by atoms with Crippen molar-refractivity contribution in [2.45, 2.75) is 12.8 Å².